The fraction of sp³-hybridized carbons (Fsp3) is 0.208. The van der Waals surface area contributed by atoms with Gasteiger partial charge in [-0.3, -0.25) is 9.48 Å². The van der Waals surface area contributed by atoms with Gasteiger partial charge >= 0.3 is 0 Å². The standard InChI is InChI=1S/C24H20ClF3N6O/c1-24(27,28)19-8-18(12-31-23(19)25)33-22(35)7-16-4-3-15(6-20(16)26)17-10-29-21(30-11-17)5-14-9-32-34(2)13-14/h3-4,6,8-13H,5,7H2,1-2H3,(H,33,35). The highest BCUT2D eigenvalue weighted by Gasteiger charge is 2.28. The van der Waals surface area contributed by atoms with Gasteiger partial charge in [0.15, 0.2) is 0 Å². The molecule has 0 spiro atoms. The molecule has 35 heavy (non-hydrogen) atoms. The zero-order valence-electron chi connectivity index (χ0n) is 18.8. The van der Waals surface area contributed by atoms with E-state index in [-0.39, 0.29) is 22.8 Å². The van der Waals surface area contributed by atoms with Gasteiger partial charge in [-0.15, -0.1) is 0 Å². The minimum atomic E-state index is -3.23. The van der Waals surface area contributed by atoms with E-state index in [2.05, 4.69) is 25.4 Å². The van der Waals surface area contributed by atoms with Gasteiger partial charge in [-0.2, -0.15) is 5.10 Å². The molecule has 11 heteroatoms. The highest BCUT2D eigenvalue weighted by molar-refractivity contribution is 6.30. The number of halogens is 4. The van der Waals surface area contributed by atoms with Gasteiger partial charge in [0, 0.05) is 44.5 Å². The summed E-state index contributed by atoms with van der Waals surface area (Å²) in [5.41, 5.74) is 1.82. The summed E-state index contributed by atoms with van der Waals surface area (Å²) in [5.74, 6) is -3.80. The van der Waals surface area contributed by atoms with Crippen molar-refractivity contribution in [3.8, 4) is 11.1 Å². The lowest BCUT2D eigenvalue weighted by Gasteiger charge is -2.14. The van der Waals surface area contributed by atoms with Crippen LogP contribution in [0.25, 0.3) is 11.1 Å². The quantitative estimate of drug-likeness (QED) is 0.363. The molecule has 4 rings (SSSR count). The second-order valence-electron chi connectivity index (χ2n) is 8.07. The van der Waals surface area contributed by atoms with Gasteiger partial charge in [-0.05, 0) is 28.8 Å². The summed E-state index contributed by atoms with van der Waals surface area (Å²) in [6.45, 7) is 0.678. The monoisotopic (exact) mass is 500 g/mol. The van der Waals surface area contributed by atoms with Crippen molar-refractivity contribution in [3.05, 3.63) is 88.7 Å². The smallest absolute Gasteiger partial charge is 0.273 e. The molecule has 0 atom stereocenters. The van der Waals surface area contributed by atoms with Crippen LogP contribution in [0.2, 0.25) is 5.15 Å². The first kappa shape index (κ1) is 24.3. The summed E-state index contributed by atoms with van der Waals surface area (Å²) < 4.78 is 43.7. The van der Waals surface area contributed by atoms with E-state index in [4.69, 9.17) is 11.6 Å². The van der Waals surface area contributed by atoms with Crippen LogP contribution in [-0.2, 0) is 30.6 Å². The number of alkyl halides is 2. The number of nitrogens with zero attached hydrogens (tertiary/aromatic N) is 5. The van der Waals surface area contributed by atoms with E-state index in [0.717, 1.165) is 17.8 Å². The van der Waals surface area contributed by atoms with Crippen molar-refractivity contribution in [2.75, 3.05) is 5.32 Å². The summed E-state index contributed by atoms with van der Waals surface area (Å²) in [7, 11) is 1.83. The van der Waals surface area contributed by atoms with Crippen molar-refractivity contribution in [3.63, 3.8) is 0 Å². The van der Waals surface area contributed by atoms with E-state index in [1.807, 2.05) is 13.2 Å². The van der Waals surface area contributed by atoms with Gasteiger partial charge in [0.2, 0.25) is 5.91 Å². The van der Waals surface area contributed by atoms with Crippen LogP contribution >= 0.6 is 11.6 Å². The molecule has 0 saturated carbocycles. The molecule has 1 aromatic carbocycles. The number of pyridine rings is 1. The molecule has 4 aromatic rings. The molecule has 0 aliphatic rings. The molecular weight excluding hydrogens is 481 g/mol. The van der Waals surface area contributed by atoms with Crippen molar-refractivity contribution in [1.29, 1.82) is 0 Å². The zero-order valence-corrected chi connectivity index (χ0v) is 19.5. The Bertz CT molecular complexity index is 1370. The minimum Gasteiger partial charge on any atom is -0.324 e. The number of amides is 1. The molecule has 0 radical (unpaired) electrons. The minimum absolute atomic E-state index is 0.0384. The van der Waals surface area contributed by atoms with Crippen molar-refractivity contribution in [1.82, 2.24) is 24.7 Å². The number of hydrogen-bond acceptors (Lipinski definition) is 5. The van der Waals surface area contributed by atoms with E-state index in [9.17, 15) is 18.0 Å². The van der Waals surface area contributed by atoms with Crippen molar-refractivity contribution >= 4 is 23.2 Å². The van der Waals surface area contributed by atoms with Crippen molar-refractivity contribution in [2.24, 2.45) is 7.05 Å². The first-order valence-corrected chi connectivity index (χ1v) is 10.9. The van der Waals surface area contributed by atoms with Crippen LogP contribution in [0.5, 0.6) is 0 Å². The molecule has 0 fully saturated rings. The van der Waals surface area contributed by atoms with Crippen LogP contribution < -0.4 is 5.32 Å². The third kappa shape index (κ3) is 6.02. The number of hydrogen-bond donors (Lipinski definition) is 1. The number of rotatable bonds is 7. The zero-order chi connectivity index (χ0) is 25.2. The fourth-order valence-electron chi connectivity index (χ4n) is 3.41. The predicted molar refractivity (Wildman–Crippen MR) is 125 cm³/mol. The number of carbonyl (C=O) groups is 1. The molecule has 1 N–H and O–H groups in total. The van der Waals surface area contributed by atoms with Crippen molar-refractivity contribution in [2.45, 2.75) is 25.7 Å². The van der Waals surface area contributed by atoms with Gasteiger partial charge in [-0.1, -0.05) is 23.7 Å². The van der Waals surface area contributed by atoms with E-state index in [0.29, 0.717) is 30.3 Å². The number of aryl methyl sites for hydroxylation is 1. The van der Waals surface area contributed by atoms with E-state index in [1.165, 1.54) is 12.1 Å². The van der Waals surface area contributed by atoms with Crippen LogP contribution in [0.15, 0.2) is 55.2 Å². The Morgan fingerprint density at radius 2 is 1.83 bits per heavy atom. The molecule has 0 unspecified atom stereocenters. The molecule has 0 bridgehead atoms. The number of benzene rings is 1. The molecule has 3 heterocycles. The Balaban J connectivity index is 1.42. The molecule has 180 valence electrons. The lowest BCUT2D eigenvalue weighted by molar-refractivity contribution is -0.115. The Morgan fingerprint density at radius 1 is 1.09 bits per heavy atom. The van der Waals surface area contributed by atoms with Gasteiger partial charge in [-0.25, -0.2) is 28.1 Å². The number of aromatic nitrogens is 5. The molecule has 0 saturated heterocycles. The summed E-state index contributed by atoms with van der Waals surface area (Å²) in [4.78, 5) is 24.7. The number of nitrogens with one attached hydrogen (secondary N) is 1. The number of carbonyl (C=O) groups excluding carboxylic acids is 1. The normalized spacial score (nSPS) is 11.5. The average Bonchev–Trinajstić information content (AvgIpc) is 3.20. The largest absolute Gasteiger partial charge is 0.324 e. The van der Waals surface area contributed by atoms with Gasteiger partial charge < -0.3 is 5.32 Å². The summed E-state index contributed by atoms with van der Waals surface area (Å²) in [5, 5.41) is 6.20. The Kier molecular flexibility index (Phi) is 6.83. The average molecular weight is 501 g/mol. The highest BCUT2D eigenvalue weighted by atomic mass is 35.5. The summed E-state index contributed by atoms with van der Waals surface area (Å²) in [6, 6.07) is 5.48. The van der Waals surface area contributed by atoms with Gasteiger partial charge in [0.05, 0.1) is 30.1 Å². The molecule has 0 aliphatic carbocycles. The van der Waals surface area contributed by atoms with Gasteiger partial charge in [0.1, 0.15) is 16.8 Å². The maximum atomic E-state index is 14.7. The molecule has 1 amide bonds. The molecule has 7 nitrogen and oxygen atoms in total. The van der Waals surface area contributed by atoms with Crippen LogP contribution in [0, 0.1) is 5.82 Å². The van der Waals surface area contributed by atoms with E-state index < -0.39 is 23.2 Å². The lowest BCUT2D eigenvalue weighted by Crippen LogP contribution is -2.17. The maximum absolute atomic E-state index is 14.7. The lowest BCUT2D eigenvalue weighted by atomic mass is 10.0. The molecule has 3 aromatic heterocycles. The summed E-state index contributed by atoms with van der Waals surface area (Å²) in [6.07, 6.45) is 8.21. The van der Waals surface area contributed by atoms with Crippen LogP contribution in [0.4, 0.5) is 18.9 Å². The Labute approximate surface area is 204 Å². The molecular formula is C24H20ClF3N6O. The number of anilines is 1. The highest BCUT2D eigenvalue weighted by Crippen LogP contribution is 2.33. The second-order valence-corrected chi connectivity index (χ2v) is 8.43. The Hall–Kier alpha value is -3.79. The Morgan fingerprint density at radius 3 is 2.46 bits per heavy atom. The topological polar surface area (TPSA) is 85.6 Å². The van der Waals surface area contributed by atoms with E-state index >= 15 is 0 Å². The molecule has 0 aliphatic heterocycles. The maximum Gasteiger partial charge on any atom is 0.273 e. The first-order chi connectivity index (χ1) is 16.6. The second kappa shape index (κ2) is 9.83. The predicted octanol–water partition coefficient (Wildman–Crippen LogP) is 4.95. The van der Waals surface area contributed by atoms with Gasteiger partial charge in [0.25, 0.3) is 5.92 Å². The third-order valence-corrected chi connectivity index (χ3v) is 5.46. The van der Waals surface area contributed by atoms with Crippen LogP contribution in [0.1, 0.15) is 29.4 Å². The SMILES string of the molecule is Cn1cc(Cc2ncc(-c3ccc(CC(=O)Nc4cnc(Cl)c(C(C)(F)F)c4)c(F)c3)cn2)cn1. The first-order valence-electron chi connectivity index (χ1n) is 10.5. The van der Waals surface area contributed by atoms with Crippen LogP contribution in [0.3, 0.4) is 0 Å². The summed E-state index contributed by atoms with van der Waals surface area (Å²) >= 11 is 5.71. The third-order valence-electron chi connectivity index (χ3n) is 5.16. The fourth-order valence-corrected chi connectivity index (χ4v) is 3.68. The van der Waals surface area contributed by atoms with Crippen molar-refractivity contribution < 1.29 is 18.0 Å². The van der Waals surface area contributed by atoms with Crippen LogP contribution in [-0.4, -0.2) is 30.6 Å². The van der Waals surface area contributed by atoms with E-state index in [1.54, 1.807) is 29.3 Å².